The van der Waals surface area contributed by atoms with Gasteiger partial charge in [-0.3, -0.25) is 9.67 Å². The molecule has 32 heavy (non-hydrogen) atoms. The molecule has 0 saturated carbocycles. The van der Waals surface area contributed by atoms with Crippen LogP contribution >= 0.6 is 11.6 Å². The molecule has 0 spiro atoms. The van der Waals surface area contributed by atoms with Gasteiger partial charge in [0.05, 0.1) is 10.7 Å². The Bertz CT molecular complexity index is 1450. The molecular weight excluding hydrogens is 448 g/mol. The highest BCUT2D eigenvalue weighted by Crippen LogP contribution is 2.33. The number of para-hydroxylation sites is 1. The van der Waals surface area contributed by atoms with E-state index in [0.29, 0.717) is 21.9 Å². The standard InChI is InChI=1S/C23H21ClN4O3S/c1-15-11-18(21-7-9-26-28(21)2)17-5-4-6-22(23(17)27-15)31-14-19-16(8-10-32(3,29)30)12-25-13-20(19)24/h4-13H,14H2,1-3H3. The van der Waals surface area contributed by atoms with Gasteiger partial charge in [0, 0.05) is 65.1 Å². The van der Waals surface area contributed by atoms with Crippen LogP contribution in [-0.2, 0) is 23.5 Å². The van der Waals surface area contributed by atoms with Gasteiger partial charge in [-0.2, -0.15) is 5.10 Å². The molecule has 4 aromatic rings. The van der Waals surface area contributed by atoms with Gasteiger partial charge in [-0.15, -0.1) is 0 Å². The monoisotopic (exact) mass is 468 g/mol. The predicted octanol–water partition coefficient (Wildman–Crippen LogP) is 4.59. The fourth-order valence-electron chi connectivity index (χ4n) is 3.44. The summed E-state index contributed by atoms with van der Waals surface area (Å²) >= 11 is 6.35. The predicted molar refractivity (Wildman–Crippen MR) is 126 cm³/mol. The Labute approximate surface area is 191 Å². The van der Waals surface area contributed by atoms with E-state index in [1.807, 2.05) is 49.0 Å². The zero-order valence-electron chi connectivity index (χ0n) is 17.8. The average Bonchev–Trinajstić information content (AvgIpc) is 3.16. The number of hydrogen-bond donors (Lipinski definition) is 0. The molecule has 7 nitrogen and oxygen atoms in total. The summed E-state index contributed by atoms with van der Waals surface area (Å²) in [6.45, 7) is 2.06. The first-order chi connectivity index (χ1) is 15.2. The van der Waals surface area contributed by atoms with Crippen molar-refractivity contribution in [3.05, 3.63) is 76.2 Å². The molecule has 0 atom stereocenters. The Morgan fingerprint density at radius 3 is 2.75 bits per heavy atom. The van der Waals surface area contributed by atoms with E-state index in [0.717, 1.165) is 39.5 Å². The van der Waals surface area contributed by atoms with Crippen LogP contribution in [-0.4, -0.2) is 34.4 Å². The van der Waals surface area contributed by atoms with E-state index in [4.69, 9.17) is 21.3 Å². The first kappa shape index (κ1) is 22.0. The number of benzene rings is 1. The maximum Gasteiger partial charge on any atom is 0.168 e. The summed E-state index contributed by atoms with van der Waals surface area (Å²) in [6, 6.07) is 9.74. The lowest BCUT2D eigenvalue weighted by atomic mass is 10.0. The lowest BCUT2D eigenvalue weighted by Crippen LogP contribution is -2.02. The van der Waals surface area contributed by atoms with Crippen molar-refractivity contribution in [2.45, 2.75) is 13.5 Å². The largest absolute Gasteiger partial charge is 0.487 e. The lowest BCUT2D eigenvalue weighted by molar-refractivity contribution is 0.309. The topological polar surface area (TPSA) is 87.0 Å². The maximum absolute atomic E-state index is 11.5. The van der Waals surface area contributed by atoms with Gasteiger partial charge in [0.1, 0.15) is 17.9 Å². The van der Waals surface area contributed by atoms with Crippen molar-refractivity contribution >= 4 is 38.4 Å². The van der Waals surface area contributed by atoms with E-state index in [1.165, 1.54) is 12.3 Å². The summed E-state index contributed by atoms with van der Waals surface area (Å²) in [6.07, 6.45) is 7.41. The van der Waals surface area contributed by atoms with Crippen molar-refractivity contribution in [3.8, 4) is 17.0 Å². The van der Waals surface area contributed by atoms with Gasteiger partial charge in [0.15, 0.2) is 9.84 Å². The van der Waals surface area contributed by atoms with Crippen LogP contribution in [0.4, 0.5) is 0 Å². The van der Waals surface area contributed by atoms with Crippen LogP contribution in [0.15, 0.2) is 54.3 Å². The summed E-state index contributed by atoms with van der Waals surface area (Å²) in [5.41, 5.74) is 4.77. The third kappa shape index (κ3) is 4.66. The molecular formula is C23H21ClN4O3S. The number of rotatable bonds is 6. The molecule has 4 rings (SSSR count). The minimum absolute atomic E-state index is 0.126. The van der Waals surface area contributed by atoms with Gasteiger partial charge in [0.2, 0.25) is 0 Å². The van der Waals surface area contributed by atoms with E-state index in [1.54, 1.807) is 12.4 Å². The van der Waals surface area contributed by atoms with E-state index in [-0.39, 0.29) is 6.61 Å². The Hall–Kier alpha value is -3.23. The second kappa shape index (κ2) is 8.72. The Morgan fingerprint density at radius 1 is 1.22 bits per heavy atom. The number of pyridine rings is 2. The van der Waals surface area contributed by atoms with Crippen molar-refractivity contribution in [1.29, 1.82) is 0 Å². The van der Waals surface area contributed by atoms with E-state index >= 15 is 0 Å². The molecule has 0 amide bonds. The normalized spacial score (nSPS) is 12.0. The molecule has 3 heterocycles. The fraction of sp³-hybridized carbons (Fsp3) is 0.174. The highest BCUT2D eigenvalue weighted by molar-refractivity contribution is 7.93. The third-order valence-electron chi connectivity index (χ3n) is 4.93. The molecule has 0 unspecified atom stereocenters. The van der Waals surface area contributed by atoms with Crippen LogP contribution < -0.4 is 4.74 Å². The number of hydrogen-bond acceptors (Lipinski definition) is 6. The highest BCUT2D eigenvalue weighted by Gasteiger charge is 2.14. The van der Waals surface area contributed by atoms with Crippen LogP contribution in [0.5, 0.6) is 5.75 Å². The van der Waals surface area contributed by atoms with Gasteiger partial charge in [-0.25, -0.2) is 13.4 Å². The molecule has 0 saturated heterocycles. The summed E-state index contributed by atoms with van der Waals surface area (Å²) < 4.78 is 31.0. The number of halogens is 1. The number of fused-ring (bicyclic) bond motifs is 1. The number of nitrogens with zero attached hydrogens (tertiary/aromatic N) is 4. The second-order valence-corrected chi connectivity index (χ2v) is 9.75. The Kier molecular flexibility index (Phi) is 5.99. The zero-order chi connectivity index (χ0) is 22.9. The third-order valence-corrected chi connectivity index (χ3v) is 5.89. The summed E-state index contributed by atoms with van der Waals surface area (Å²) in [5, 5.41) is 6.72. The van der Waals surface area contributed by atoms with Crippen molar-refractivity contribution in [1.82, 2.24) is 19.7 Å². The molecule has 3 aromatic heterocycles. The molecule has 164 valence electrons. The smallest absolute Gasteiger partial charge is 0.168 e. The van der Waals surface area contributed by atoms with Gasteiger partial charge < -0.3 is 4.74 Å². The Balaban J connectivity index is 1.74. The molecule has 0 aliphatic carbocycles. The van der Waals surface area contributed by atoms with Crippen LogP contribution in [0.1, 0.15) is 16.8 Å². The molecule has 9 heteroatoms. The van der Waals surface area contributed by atoms with Crippen molar-refractivity contribution in [3.63, 3.8) is 0 Å². The number of aryl methyl sites for hydroxylation is 2. The molecule has 0 radical (unpaired) electrons. The van der Waals surface area contributed by atoms with Crippen LogP contribution in [0, 0.1) is 6.92 Å². The van der Waals surface area contributed by atoms with Crippen molar-refractivity contribution in [2.24, 2.45) is 7.05 Å². The van der Waals surface area contributed by atoms with Gasteiger partial charge in [-0.05, 0) is 31.2 Å². The van der Waals surface area contributed by atoms with Gasteiger partial charge in [0.25, 0.3) is 0 Å². The van der Waals surface area contributed by atoms with Crippen LogP contribution in [0.2, 0.25) is 5.02 Å². The second-order valence-electron chi connectivity index (χ2n) is 7.41. The first-order valence-corrected chi connectivity index (χ1v) is 12.1. The minimum atomic E-state index is -3.29. The zero-order valence-corrected chi connectivity index (χ0v) is 19.4. The van der Waals surface area contributed by atoms with Crippen molar-refractivity contribution < 1.29 is 13.2 Å². The minimum Gasteiger partial charge on any atom is -0.487 e. The molecule has 0 aliphatic rings. The van der Waals surface area contributed by atoms with E-state index < -0.39 is 9.84 Å². The quantitative estimate of drug-likeness (QED) is 0.411. The molecule has 1 aromatic carbocycles. The molecule has 0 fully saturated rings. The summed E-state index contributed by atoms with van der Waals surface area (Å²) in [4.78, 5) is 8.76. The first-order valence-electron chi connectivity index (χ1n) is 9.75. The van der Waals surface area contributed by atoms with Gasteiger partial charge >= 0.3 is 0 Å². The Morgan fingerprint density at radius 2 is 2.03 bits per heavy atom. The molecule has 0 bridgehead atoms. The highest BCUT2D eigenvalue weighted by atomic mass is 35.5. The summed E-state index contributed by atoms with van der Waals surface area (Å²) in [7, 11) is -1.39. The molecule has 0 N–H and O–H groups in total. The summed E-state index contributed by atoms with van der Waals surface area (Å²) in [5.74, 6) is 0.598. The SMILES string of the molecule is Cc1cc(-c2ccnn2C)c2cccc(OCc3c(Cl)cncc3C=CS(C)(=O)=O)c2n1. The van der Waals surface area contributed by atoms with Crippen molar-refractivity contribution in [2.75, 3.05) is 6.26 Å². The molecule has 0 aliphatic heterocycles. The number of ether oxygens (including phenoxy) is 1. The average molecular weight is 469 g/mol. The number of sulfone groups is 1. The van der Waals surface area contributed by atoms with E-state index in [2.05, 4.69) is 10.1 Å². The maximum atomic E-state index is 11.5. The lowest BCUT2D eigenvalue weighted by Gasteiger charge is -2.14. The van der Waals surface area contributed by atoms with Gasteiger partial charge in [-0.1, -0.05) is 23.7 Å². The van der Waals surface area contributed by atoms with Crippen LogP contribution in [0.25, 0.3) is 28.2 Å². The number of aromatic nitrogens is 4. The van der Waals surface area contributed by atoms with E-state index in [9.17, 15) is 8.42 Å². The van der Waals surface area contributed by atoms with Crippen LogP contribution in [0.3, 0.4) is 0 Å². The fourth-order valence-corrected chi connectivity index (χ4v) is 4.05.